The van der Waals surface area contributed by atoms with Gasteiger partial charge in [-0.05, 0) is 34.1 Å². The lowest BCUT2D eigenvalue weighted by Gasteiger charge is -2.23. The van der Waals surface area contributed by atoms with Crippen molar-refractivity contribution < 1.29 is 18.8 Å². The number of para-hydroxylation sites is 1. The number of amides is 3. The van der Waals surface area contributed by atoms with Crippen LogP contribution in [0.5, 0.6) is 0 Å². The van der Waals surface area contributed by atoms with Gasteiger partial charge in [-0.2, -0.15) is 5.10 Å². The molecule has 0 bridgehead atoms. The Balaban J connectivity index is 1.55. The number of primary amides is 1. The topological polar surface area (TPSA) is 123 Å². The normalized spacial score (nSPS) is 18.3. The molecule has 3 heterocycles. The Morgan fingerprint density at radius 2 is 1.97 bits per heavy atom. The third kappa shape index (κ3) is 4.26. The fourth-order valence-electron chi connectivity index (χ4n) is 3.65. The standard InChI is InChI=1S/C20H18BrFN6O3/c21-15-6-3-7-16(24-15)25-20(31)14-8-11(22)9-27(14)17(29)10-28-13-5-2-1-4-12(13)18(26-28)19(23)30/h1-7,11,14H,8-10H2,(H2,23,30)(H,24,25,31)/t11-,14+/m1/s1. The van der Waals surface area contributed by atoms with Crippen molar-refractivity contribution in [1.29, 1.82) is 0 Å². The Labute approximate surface area is 184 Å². The first-order valence-electron chi connectivity index (χ1n) is 9.46. The van der Waals surface area contributed by atoms with Crippen LogP contribution in [0.4, 0.5) is 10.2 Å². The molecule has 3 aromatic rings. The highest BCUT2D eigenvalue weighted by atomic mass is 79.9. The van der Waals surface area contributed by atoms with Gasteiger partial charge in [-0.1, -0.05) is 24.3 Å². The Morgan fingerprint density at radius 3 is 2.71 bits per heavy atom. The number of hydrogen-bond donors (Lipinski definition) is 2. The van der Waals surface area contributed by atoms with Gasteiger partial charge >= 0.3 is 0 Å². The van der Waals surface area contributed by atoms with Gasteiger partial charge in [0.05, 0.1) is 12.1 Å². The van der Waals surface area contributed by atoms with E-state index in [1.165, 1.54) is 9.58 Å². The van der Waals surface area contributed by atoms with Crippen LogP contribution in [0, 0.1) is 0 Å². The highest BCUT2D eigenvalue weighted by Gasteiger charge is 2.40. The molecular formula is C20H18BrFN6O3. The zero-order valence-electron chi connectivity index (χ0n) is 16.2. The van der Waals surface area contributed by atoms with E-state index >= 15 is 0 Å². The molecule has 11 heteroatoms. The van der Waals surface area contributed by atoms with E-state index in [1.807, 2.05) is 0 Å². The summed E-state index contributed by atoms with van der Waals surface area (Å²) in [7, 11) is 0. The second-order valence-electron chi connectivity index (χ2n) is 7.12. The molecule has 0 unspecified atom stereocenters. The number of carbonyl (C=O) groups is 3. The number of nitrogens with two attached hydrogens (primary N) is 1. The highest BCUT2D eigenvalue weighted by Crippen LogP contribution is 2.24. The Morgan fingerprint density at radius 1 is 1.19 bits per heavy atom. The van der Waals surface area contributed by atoms with E-state index < -0.39 is 29.9 Å². The van der Waals surface area contributed by atoms with E-state index in [0.717, 1.165) is 0 Å². The summed E-state index contributed by atoms with van der Waals surface area (Å²) < 4.78 is 16.0. The predicted octanol–water partition coefficient (Wildman–Crippen LogP) is 1.87. The zero-order chi connectivity index (χ0) is 22.1. The quantitative estimate of drug-likeness (QED) is 0.530. The van der Waals surface area contributed by atoms with Crippen LogP contribution < -0.4 is 11.1 Å². The van der Waals surface area contributed by atoms with Crippen LogP contribution in [0.2, 0.25) is 0 Å². The number of pyridine rings is 1. The SMILES string of the molecule is NC(=O)c1nn(CC(=O)N2C[C@H](F)C[C@H]2C(=O)Nc2cccc(Br)n2)c2ccccc12. The molecule has 31 heavy (non-hydrogen) atoms. The number of nitrogens with zero attached hydrogens (tertiary/aromatic N) is 4. The van der Waals surface area contributed by atoms with Gasteiger partial charge in [0.15, 0.2) is 5.69 Å². The summed E-state index contributed by atoms with van der Waals surface area (Å²) in [6.45, 7) is -0.468. The molecule has 2 aromatic heterocycles. The van der Waals surface area contributed by atoms with Crippen molar-refractivity contribution in [3.8, 4) is 0 Å². The highest BCUT2D eigenvalue weighted by molar-refractivity contribution is 9.10. The molecule has 1 aliphatic heterocycles. The Bertz CT molecular complexity index is 1180. The van der Waals surface area contributed by atoms with Crippen LogP contribution in [0.15, 0.2) is 47.1 Å². The lowest BCUT2D eigenvalue weighted by molar-refractivity contribution is -0.137. The van der Waals surface area contributed by atoms with E-state index in [-0.39, 0.29) is 25.2 Å². The molecule has 1 aromatic carbocycles. The molecular weight excluding hydrogens is 471 g/mol. The lowest BCUT2D eigenvalue weighted by atomic mass is 10.2. The van der Waals surface area contributed by atoms with Crippen molar-refractivity contribution in [1.82, 2.24) is 19.7 Å². The molecule has 2 atom stereocenters. The minimum atomic E-state index is -1.33. The van der Waals surface area contributed by atoms with Gasteiger partial charge in [-0.3, -0.25) is 19.1 Å². The monoisotopic (exact) mass is 488 g/mol. The number of alkyl halides is 1. The number of fused-ring (bicyclic) bond motifs is 1. The molecule has 1 aliphatic rings. The molecule has 160 valence electrons. The van der Waals surface area contributed by atoms with Gasteiger partial charge in [-0.15, -0.1) is 0 Å². The molecule has 0 spiro atoms. The fraction of sp³-hybridized carbons (Fsp3) is 0.250. The summed E-state index contributed by atoms with van der Waals surface area (Å²) in [5, 5.41) is 7.29. The van der Waals surface area contributed by atoms with Gasteiger partial charge < -0.3 is 16.0 Å². The van der Waals surface area contributed by atoms with Gasteiger partial charge in [0.25, 0.3) is 5.91 Å². The number of benzene rings is 1. The number of anilines is 1. The largest absolute Gasteiger partial charge is 0.364 e. The Kier molecular flexibility index (Phi) is 5.68. The maximum Gasteiger partial charge on any atom is 0.269 e. The second kappa shape index (κ2) is 8.42. The minimum absolute atomic E-state index is 0.0446. The van der Waals surface area contributed by atoms with Crippen LogP contribution in [0.1, 0.15) is 16.9 Å². The van der Waals surface area contributed by atoms with Crippen LogP contribution in [-0.4, -0.2) is 56.1 Å². The summed E-state index contributed by atoms with van der Waals surface area (Å²) in [5.41, 5.74) is 5.97. The maximum atomic E-state index is 14.2. The van der Waals surface area contributed by atoms with E-state index in [2.05, 4.69) is 31.3 Å². The number of carbonyl (C=O) groups excluding carboxylic acids is 3. The third-order valence-electron chi connectivity index (χ3n) is 5.02. The molecule has 4 rings (SSSR count). The van der Waals surface area contributed by atoms with E-state index in [1.54, 1.807) is 42.5 Å². The maximum absolute atomic E-state index is 14.2. The first-order chi connectivity index (χ1) is 14.8. The summed E-state index contributed by atoms with van der Waals surface area (Å²) in [4.78, 5) is 42.7. The van der Waals surface area contributed by atoms with Gasteiger partial charge in [0.1, 0.15) is 29.2 Å². The molecule has 3 N–H and O–H groups in total. The molecule has 0 saturated carbocycles. The van der Waals surface area contributed by atoms with Crippen molar-refractivity contribution in [3.63, 3.8) is 0 Å². The smallest absolute Gasteiger partial charge is 0.269 e. The van der Waals surface area contributed by atoms with Crippen molar-refractivity contribution in [2.75, 3.05) is 11.9 Å². The summed E-state index contributed by atoms with van der Waals surface area (Å²) in [5.74, 6) is -1.45. The van der Waals surface area contributed by atoms with Crippen molar-refractivity contribution in [2.45, 2.75) is 25.2 Å². The molecule has 0 aliphatic carbocycles. The predicted molar refractivity (Wildman–Crippen MR) is 114 cm³/mol. The molecule has 0 radical (unpaired) electrons. The molecule has 1 fully saturated rings. The average molecular weight is 489 g/mol. The first kappa shape index (κ1) is 20.9. The van der Waals surface area contributed by atoms with Crippen LogP contribution in [0.25, 0.3) is 10.9 Å². The van der Waals surface area contributed by atoms with Gasteiger partial charge in [0, 0.05) is 11.8 Å². The van der Waals surface area contributed by atoms with Crippen LogP contribution in [-0.2, 0) is 16.1 Å². The van der Waals surface area contributed by atoms with Crippen LogP contribution >= 0.6 is 15.9 Å². The number of hydrogen-bond acceptors (Lipinski definition) is 5. The lowest BCUT2D eigenvalue weighted by Crippen LogP contribution is -2.44. The van der Waals surface area contributed by atoms with Gasteiger partial charge in [-0.25, -0.2) is 9.37 Å². The van der Waals surface area contributed by atoms with E-state index in [0.29, 0.717) is 21.3 Å². The number of rotatable bonds is 5. The summed E-state index contributed by atoms with van der Waals surface area (Å²) in [6.07, 6.45) is -1.44. The van der Waals surface area contributed by atoms with Gasteiger partial charge in [0.2, 0.25) is 11.8 Å². The third-order valence-corrected chi connectivity index (χ3v) is 5.46. The minimum Gasteiger partial charge on any atom is -0.364 e. The van der Waals surface area contributed by atoms with E-state index in [4.69, 9.17) is 5.73 Å². The van der Waals surface area contributed by atoms with Crippen molar-refractivity contribution in [3.05, 3.63) is 52.8 Å². The summed E-state index contributed by atoms with van der Waals surface area (Å²) >= 11 is 3.22. The van der Waals surface area contributed by atoms with Crippen molar-refractivity contribution >= 4 is 50.4 Å². The Hall–Kier alpha value is -3.34. The second-order valence-corrected chi connectivity index (χ2v) is 7.93. The molecule has 9 nitrogen and oxygen atoms in total. The number of halogens is 2. The number of likely N-dealkylation sites (tertiary alicyclic amines) is 1. The molecule has 3 amide bonds. The number of nitrogens with one attached hydrogen (secondary N) is 1. The van der Waals surface area contributed by atoms with Crippen LogP contribution in [0.3, 0.4) is 0 Å². The summed E-state index contributed by atoms with van der Waals surface area (Å²) in [6, 6.07) is 10.9. The van der Waals surface area contributed by atoms with Crippen molar-refractivity contribution in [2.24, 2.45) is 5.73 Å². The van der Waals surface area contributed by atoms with E-state index in [9.17, 15) is 18.8 Å². The zero-order valence-corrected chi connectivity index (χ0v) is 17.8. The fourth-order valence-corrected chi connectivity index (χ4v) is 3.99. The molecule has 1 saturated heterocycles. The average Bonchev–Trinajstić information content (AvgIpc) is 3.29. The first-order valence-corrected chi connectivity index (χ1v) is 10.2. The number of aromatic nitrogens is 3.